The van der Waals surface area contributed by atoms with Crippen LogP contribution in [0.2, 0.25) is 0 Å². The Morgan fingerprint density at radius 2 is 1.13 bits per heavy atom. The van der Waals surface area contributed by atoms with Gasteiger partial charge in [-0.2, -0.15) is 0 Å². The Labute approximate surface area is 189 Å². The number of hydrogen-bond acceptors (Lipinski definition) is 1. The Hall–Kier alpha value is -2.80. The van der Waals surface area contributed by atoms with Gasteiger partial charge in [0.25, 0.3) is 0 Å². The summed E-state index contributed by atoms with van der Waals surface area (Å²) in [5.74, 6) is 0. The standard InChI is InChI=1S/C30H37N/c1-8-23-12-11-13-28(22-23)31(26-18-14-24(15-19-26)29(4,5)9-2)27-20-16-25(17-21-27)30(6,7)10-3/h8,11-22H,1,9-10H2,2-7H3. The van der Waals surface area contributed by atoms with Crippen molar-refractivity contribution in [3.05, 3.63) is 96.1 Å². The van der Waals surface area contributed by atoms with Crippen LogP contribution in [0.15, 0.2) is 79.4 Å². The van der Waals surface area contributed by atoms with Crippen molar-refractivity contribution in [2.45, 2.75) is 65.2 Å². The van der Waals surface area contributed by atoms with Crippen LogP contribution < -0.4 is 4.90 Å². The van der Waals surface area contributed by atoms with Crippen molar-refractivity contribution in [2.24, 2.45) is 0 Å². The summed E-state index contributed by atoms with van der Waals surface area (Å²) >= 11 is 0. The molecule has 0 radical (unpaired) electrons. The summed E-state index contributed by atoms with van der Waals surface area (Å²) in [5, 5.41) is 0. The Morgan fingerprint density at radius 1 is 0.677 bits per heavy atom. The van der Waals surface area contributed by atoms with Crippen molar-refractivity contribution in [3.63, 3.8) is 0 Å². The number of benzene rings is 3. The molecule has 0 atom stereocenters. The highest BCUT2D eigenvalue weighted by Gasteiger charge is 2.21. The third-order valence-corrected chi connectivity index (χ3v) is 6.95. The molecule has 0 bridgehead atoms. The molecule has 162 valence electrons. The van der Waals surface area contributed by atoms with Gasteiger partial charge >= 0.3 is 0 Å². The predicted octanol–water partition coefficient (Wildman–Crippen LogP) is 9.17. The van der Waals surface area contributed by atoms with Crippen LogP contribution >= 0.6 is 0 Å². The molecule has 3 aromatic carbocycles. The Bertz CT molecular complexity index is 948. The number of anilines is 3. The van der Waals surface area contributed by atoms with Gasteiger partial charge < -0.3 is 4.90 Å². The van der Waals surface area contributed by atoms with Crippen LogP contribution in [0.1, 0.15) is 71.1 Å². The van der Waals surface area contributed by atoms with Gasteiger partial charge in [-0.1, -0.05) is 90.6 Å². The molecular weight excluding hydrogens is 374 g/mol. The highest BCUT2D eigenvalue weighted by molar-refractivity contribution is 5.78. The summed E-state index contributed by atoms with van der Waals surface area (Å²) in [6, 6.07) is 26.6. The van der Waals surface area contributed by atoms with E-state index in [9.17, 15) is 0 Å². The lowest BCUT2D eigenvalue weighted by Gasteiger charge is -2.29. The lowest BCUT2D eigenvalue weighted by atomic mass is 9.82. The fraction of sp³-hybridized carbons (Fsp3) is 0.333. The SMILES string of the molecule is C=Cc1cccc(N(c2ccc(C(C)(C)CC)cc2)c2ccc(C(C)(C)CC)cc2)c1. The van der Waals surface area contributed by atoms with E-state index in [1.54, 1.807) is 0 Å². The number of rotatable bonds is 8. The molecule has 0 saturated carbocycles. The second kappa shape index (κ2) is 9.14. The maximum Gasteiger partial charge on any atom is 0.0467 e. The molecule has 0 saturated heterocycles. The molecule has 0 aromatic heterocycles. The highest BCUT2D eigenvalue weighted by atomic mass is 15.1. The van der Waals surface area contributed by atoms with Gasteiger partial charge in [0, 0.05) is 17.1 Å². The normalized spacial score (nSPS) is 11.9. The fourth-order valence-corrected chi connectivity index (χ4v) is 3.77. The maximum atomic E-state index is 3.95. The lowest BCUT2D eigenvalue weighted by molar-refractivity contribution is 0.506. The van der Waals surface area contributed by atoms with Crippen molar-refractivity contribution >= 4 is 23.1 Å². The smallest absolute Gasteiger partial charge is 0.0467 e. The van der Waals surface area contributed by atoms with E-state index in [1.807, 2.05) is 6.08 Å². The average molecular weight is 412 g/mol. The molecule has 3 rings (SSSR count). The van der Waals surface area contributed by atoms with E-state index in [4.69, 9.17) is 0 Å². The Kier molecular flexibility index (Phi) is 6.74. The van der Waals surface area contributed by atoms with E-state index >= 15 is 0 Å². The van der Waals surface area contributed by atoms with Crippen LogP contribution in [0, 0.1) is 0 Å². The third kappa shape index (κ3) is 4.93. The van der Waals surface area contributed by atoms with E-state index in [2.05, 4.69) is 126 Å². The topological polar surface area (TPSA) is 3.24 Å². The fourth-order valence-electron chi connectivity index (χ4n) is 3.77. The van der Waals surface area contributed by atoms with Crippen molar-refractivity contribution < 1.29 is 0 Å². The van der Waals surface area contributed by atoms with E-state index in [1.165, 1.54) is 22.5 Å². The summed E-state index contributed by atoms with van der Waals surface area (Å²) in [4.78, 5) is 2.33. The summed E-state index contributed by atoms with van der Waals surface area (Å²) in [7, 11) is 0. The first-order valence-electron chi connectivity index (χ1n) is 11.5. The zero-order valence-electron chi connectivity index (χ0n) is 20.1. The first-order valence-corrected chi connectivity index (χ1v) is 11.5. The molecule has 1 heteroatoms. The van der Waals surface area contributed by atoms with Gasteiger partial charge in [0.1, 0.15) is 0 Å². The van der Waals surface area contributed by atoms with Gasteiger partial charge in [0.15, 0.2) is 0 Å². The van der Waals surface area contributed by atoms with E-state index in [-0.39, 0.29) is 10.8 Å². The first-order chi connectivity index (χ1) is 14.7. The van der Waals surface area contributed by atoms with Crippen LogP contribution in [0.5, 0.6) is 0 Å². The minimum absolute atomic E-state index is 0.180. The minimum Gasteiger partial charge on any atom is -0.310 e. The molecule has 0 fully saturated rings. The van der Waals surface area contributed by atoms with Crippen LogP contribution in [0.25, 0.3) is 6.08 Å². The molecule has 1 nitrogen and oxygen atoms in total. The second-order valence-electron chi connectivity index (χ2n) is 9.70. The lowest BCUT2D eigenvalue weighted by Crippen LogP contribution is -2.17. The molecule has 0 aliphatic heterocycles. The van der Waals surface area contributed by atoms with Crippen LogP contribution in [0.3, 0.4) is 0 Å². The van der Waals surface area contributed by atoms with Crippen LogP contribution in [0.4, 0.5) is 17.1 Å². The first kappa shape index (κ1) is 22.9. The van der Waals surface area contributed by atoms with E-state index in [0.29, 0.717) is 0 Å². The Morgan fingerprint density at radius 3 is 1.52 bits per heavy atom. The minimum atomic E-state index is 0.180. The highest BCUT2D eigenvalue weighted by Crippen LogP contribution is 2.38. The van der Waals surface area contributed by atoms with Crippen molar-refractivity contribution in [1.82, 2.24) is 0 Å². The molecule has 0 amide bonds. The molecule has 31 heavy (non-hydrogen) atoms. The third-order valence-electron chi connectivity index (χ3n) is 6.95. The predicted molar refractivity (Wildman–Crippen MR) is 138 cm³/mol. The van der Waals surface area contributed by atoms with E-state index < -0.39 is 0 Å². The van der Waals surface area contributed by atoms with Crippen LogP contribution in [-0.4, -0.2) is 0 Å². The van der Waals surface area contributed by atoms with Gasteiger partial charge in [-0.05, 0) is 76.8 Å². The van der Waals surface area contributed by atoms with E-state index in [0.717, 1.165) is 24.1 Å². The number of nitrogens with zero attached hydrogens (tertiary/aromatic N) is 1. The largest absolute Gasteiger partial charge is 0.310 e. The molecule has 0 spiro atoms. The number of hydrogen-bond donors (Lipinski definition) is 0. The van der Waals surface area contributed by atoms with Crippen LogP contribution in [-0.2, 0) is 10.8 Å². The quantitative estimate of drug-likeness (QED) is 0.357. The van der Waals surface area contributed by atoms with Gasteiger partial charge in [-0.3, -0.25) is 0 Å². The summed E-state index contributed by atoms with van der Waals surface area (Å²) < 4.78 is 0. The molecule has 0 unspecified atom stereocenters. The van der Waals surface area contributed by atoms with Crippen molar-refractivity contribution in [2.75, 3.05) is 4.90 Å². The maximum absolute atomic E-state index is 3.95. The average Bonchev–Trinajstić information content (AvgIpc) is 2.80. The van der Waals surface area contributed by atoms with Gasteiger partial charge in [0.05, 0.1) is 0 Å². The van der Waals surface area contributed by atoms with Gasteiger partial charge in [-0.25, -0.2) is 0 Å². The molecule has 0 aliphatic rings. The molecule has 0 heterocycles. The molecule has 0 N–H and O–H groups in total. The Balaban J connectivity index is 2.09. The summed E-state index contributed by atoms with van der Waals surface area (Å²) in [6.07, 6.45) is 4.14. The van der Waals surface area contributed by atoms with Gasteiger partial charge in [0.2, 0.25) is 0 Å². The van der Waals surface area contributed by atoms with Gasteiger partial charge in [-0.15, -0.1) is 0 Å². The molecule has 0 aliphatic carbocycles. The monoisotopic (exact) mass is 411 g/mol. The zero-order valence-corrected chi connectivity index (χ0v) is 20.1. The van der Waals surface area contributed by atoms with Crippen molar-refractivity contribution in [3.8, 4) is 0 Å². The zero-order chi connectivity index (χ0) is 22.6. The molecular formula is C30H37N. The van der Waals surface area contributed by atoms with Crippen molar-refractivity contribution in [1.29, 1.82) is 0 Å². The molecule has 3 aromatic rings. The summed E-state index contributed by atoms with van der Waals surface area (Å²) in [6.45, 7) is 17.7. The second-order valence-corrected chi connectivity index (χ2v) is 9.70. The summed E-state index contributed by atoms with van der Waals surface area (Å²) in [5.41, 5.74) is 7.70.